The van der Waals surface area contributed by atoms with Crippen LogP contribution >= 0.6 is 11.6 Å². The number of anilines is 1. The predicted molar refractivity (Wildman–Crippen MR) is 66.1 cm³/mol. The van der Waals surface area contributed by atoms with Crippen molar-refractivity contribution in [1.82, 2.24) is 15.3 Å². The zero-order valence-electron chi connectivity index (χ0n) is 9.69. The monoisotopic (exact) mass is 254 g/mol. The molecule has 1 saturated heterocycles. The van der Waals surface area contributed by atoms with Crippen LogP contribution in [0.4, 0.5) is 5.82 Å². The Morgan fingerprint density at radius 2 is 2.06 bits per heavy atom. The SMILES string of the molecule is CC(=O)NC1CCN(c2nccnc2Cl)CC1. The topological polar surface area (TPSA) is 58.1 Å². The van der Waals surface area contributed by atoms with Crippen LogP contribution in [-0.4, -0.2) is 35.0 Å². The van der Waals surface area contributed by atoms with E-state index in [1.165, 1.54) is 0 Å². The number of carbonyl (C=O) groups is 1. The highest BCUT2D eigenvalue weighted by atomic mass is 35.5. The number of nitrogens with one attached hydrogen (secondary N) is 1. The Balaban J connectivity index is 1.95. The number of aromatic nitrogens is 2. The third kappa shape index (κ3) is 3.06. The quantitative estimate of drug-likeness (QED) is 0.863. The first-order chi connectivity index (χ1) is 8.16. The minimum atomic E-state index is 0.0287. The lowest BCUT2D eigenvalue weighted by Gasteiger charge is -2.33. The molecule has 92 valence electrons. The van der Waals surface area contributed by atoms with Crippen molar-refractivity contribution in [3.8, 4) is 0 Å². The van der Waals surface area contributed by atoms with Gasteiger partial charge in [0, 0.05) is 38.4 Å². The van der Waals surface area contributed by atoms with Gasteiger partial charge < -0.3 is 10.2 Å². The Labute approximate surface area is 105 Å². The molecule has 0 bridgehead atoms. The third-order valence-corrected chi connectivity index (χ3v) is 3.10. The van der Waals surface area contributed by atoms with Crippen LogP contribution in [-0.2, 0) is 4.79 Å². The average molecular weight is 255 g/mol. The Morgan fingerprint density at radius 3 is 2.65 bits per heavy atom. The molecule has 1 aromatic heterocycles. The molecule has 0 atom stereocenters. The van der Waals surface area contributed by atoms with Gasteiger partial charge in [-0.05, 0) is 12.8 Å². The second-order valence-corrected chi connectivity index (χ2v) is 4.49. The first kappa shape index (κ1) is 12.1. The molecular formula is C11H15ClN4O. The zero-order valence-corrected chi connectivity index (χ0v) is 10.4. The van der Waals surface area contributed by atoms with Crippen molar-refractivity contribution < 1.29 is 4.79 Å². The van der Waals surface area contributed by atoms with E-state index in [9.17, 15) is 4.79 Å². The number of halogens is 1. The van der Waals surface area contributed by atoms with Gasteiger partial charge in [-0.15, -0.1) is 0 Å². The van der Waals surface area contributed by atoms with Crippen molar-refractivity contribution in [2.75, 3.05) is 18.0 Å². The first-order valence-electron chi connectivity index (χ1n) is 5.65. The van der Waals surface area contributed by atoms with Gasteiger partial charge in [-0.1, -0.05) is 11.6 Å². The maximum atomic E-state index is 10.9. The summed E-state index contributed by atoms with van der Waals surface area (Å²) < 4.78 is 0. The van der Waals surface area contributed by atoms with Crippen LogP contribution in [0, 0.1) is 0 Å². The summed E-state index contributed by atoms with van der Waals surface area (Å²) in [6, 6.07) is 0.263. The number of rotatable bonds is 2. The van der Waals surface area contributed by atoms with E-state index in [0.717, 1.165) is 31.7 Å². The van der Waals surface area contributed by atoms with E-state index in [0.29, 0.717) is 5.15 Å². The molecule has 1 N–H and O–H groups in total. The summed E-state index contributed by atoms with van der Waals surface area (Å²) in [6.07, 6.45) is 5.04. The highest BCUT2D eigenvalue weighted by molar-refractivity contribution is 6.31. The van der Waals surface area contributed by atoms with E-state index in [1.807, 2.05) is 0 Å². The molecule has 0 spiro atoms. The van der Waals surface area contributed by atoms with Gasteiger partial charge in [0.25, 0.3) is 0 Å². The first-order valence-corrected chi connectivity index (χ1v) is 6.03. The van der Waals surface area contributed by atoms with E-state index in [2.05, 4.69) is 20.2 Å². The van der Waals surface area contributed by atoms with Crippen molar-refractivity contribution in [3.63, 3.8) is 0 Å². The smallest absolute Gasteiger partial charge is 0.217 e. The van der Waals surface area contributed by atoms with Gasteiger partial charge in [-0.2, -0.15) is 0 Å². The fraction of sp³-hybridized carbons (Fsp3) is 0.545. The standard InChI is InChI=1S/C11H15ClN4O/c1-8(17)15-9-2-6-16(7-3-9)11-10(12)13-4-5-14-11/h4-5,9H,2-3,6-7H2,1H3,(H,15,17). The van der Waals surface area contributed by atoms with Gasteiger partial charge in [-0.25, -0.2) is 9.97 Å². The highest BCUT2D eigenvalue weighted by Crippen LogP contribution is 2.23. The van der Waals surface area contributed by atoms with Gasteiger partial charge in [0.15, 0.2) is 11.0 Å². The van der Waals surface area contributed by atoms with Crippen molar-refractivity contribution in [3.05, 3.63) is 17.5 Å². The summed E-state index contributed by atoms with van der Waals surface area (Å²) in [5.74, 6) is 0.761. The van der Waals surface area contributed by atoms with Gasteiger partial charge in [0.1, 0.15) is 0 Å². The van der Waals surface area contributed by atoms with Crippen LogP contribution in [0.2, 0.25) is 5.15 Å². The Morgan fingerprint density at radius 1 is 1.41 bits per heavy atom. The van der Waals surface area contributed by atoms with Crippen molar-refractivity contribution in [1.29, 1.82) is 0 Å². The van der Waals surface area contributed by atoms with Crippen molar-refractivity contribution in [2.45, 2.75) is 25.8 Å². The fourth-order valence-electron chi connectivity index (χ4n) is 2.05. The van der Waals surface area contributed by atoms with E-state index < -0.39 is 0 Å². The lowest BCUT2D eigenvalue weighted by Crippen LogP contribution is -2.44. The van der Waals surface area contributed by atoms with Gasteiger partial charge in [-0.3, -0.25) is 4.79 Å². The lowest BCUT2D eigenvalue weighted by atomic mass is 10.1. The second-order valence-electron chi connectivity index (χ2n) is 4.13. The number of amides is 1. The fourth-order valence-corrected chi connectivity index (χ4v) is 2.27. The van der Waals surface area contributed by atoms with Crippen molar-refractivity contribution >= 4 is 23.3 Å². The van der Waals surface area contributed by atoms with E-state index in [4.69, 9.17) is 11.6 Å². The average Bonchev–Trinajstić information content (AvgIpc) is 2.30. The minimum absolute atomic E-state index is 0.0287. The molecule has 1 aliphatic heterocycles. The third-order valence-electron chi connectivity index (χ3n) is 2.84. The molecule has 2 rings (SSSR count). The van der Waals surface area contributed by atoms with Crippen LogP contribution in [0.1, 0.15) is 19.8 Å². The Bertz CT molecular complexity index is 404. The molecule has 0 aromatic carbocycles. The molecular weight excluding hydrogens is 240 g/mol. The number of piperidine rings is 1. The molecule has 1 fully saturated rings. The predicted octanol–water partition coefficient (Wildman–Crippen LogP) is 1.23. The van der Waals surface area contributed by atoms with Crippen LogP contribution in [0.3, 0.4) is 0 Å². The van der Waals surface area contributed by atoms with Crippen molar-refractivity contribution in [2.24, 2.45) is 0 Å². The molecule has 1 amide bonds. The molecule has 2 heterocycles. The van der Waals surface area contributed by atoms with Crippen LogP contribution in [0.25, 0.3) is 0 Å². The van der Waals surface area contributed by atoms with Crippen LogP contribution in [0.5, 0.6) is 0 Å². The molecule has 1 aliphatic rings. The number of carbonyl (C=O) groups excluding carboxylic acids is 1. The van der Waals surface area contributed by atoms with Gasteiger partial charge in [0.05, 0.1) is 0 Å². The molecule has 1 aromatic rings. The summed E-state index contributed by atoms with van der Waals surface area (Å²) in [4.78, 5) is 21.3. The number of nitrogens with zero attached hydrogens (tertiary/aromatic N) is 3. The Kier molecular flexibility index (Phi) is 3.78. The summed E-state index contributed by atoms with van der Waals surface area (Å²) >= 11 is 5.99. The minimum Gasteiger partial charge on any atom is -0.354 e. The molecule has 17 heavy (non-hydrogen) atoms. The normalized spacial score (nSPS) is 16.9. The Hall–Kier alpha value is -1.36. The number of hydrogen-bond acceptors (Lipinski definition) is 4. The zero-order chi connectivity index (χ0) is 12.3. The van der Waals surface area contributed by atoms with E-state index in [-0.39, 0.29) is 11.9 Å². The summed E-state index contributed by atoms with van der Waals surface area (Å²) in [6.45, 7) is 3.22. The summed E-state index contributed by atoms with van der Waals surface area (Å²) in [5, 5.41) is 3.37. The second kappa shape index (κ2) is 5.31. The maximum Gasteiger partial charge on any atom is 0.217 e. The molecule has 5 nitrogen and oxygen atoms in total. The van der Waals surface area contributed by atoms with Gasteiger partial charge in [0.2, 0.25) is 5.91 Å². The highest BCUT2D eigenvalue weighted by Gasteiger charge is 2.22. The summed E-state index contributed by atoms with van der Waals surface area (Å²) in [7, 11) is 0. The lowest BCUT2D eigenvalue weighted by molar-refractivity contribution is -0.119. The number of hydrogen-bond donors (Lipinski definition) is 1. The van der Waals surface area contributed by atoms with Crippen LogP contribution in [0.15, 0.2) is 12.4 Å². The molecule has 0 aliphatic carbocycles. The maximum absolute atomic E-state index is 10.9. The molecule has 0 saturated carbocycles. The van der Waals surface area contributed by atoms with E-state index >= 15 is 0 Å². The molecule has 6 heteroatoms. The van der Waals surface area contributed by atoms with Crippen LogP contribution < -0.4 is 10.2 Å². The summed E-state index contributed by atoms with van der Waals surface area (Å²) in [5.41, 5.74) is 0. The van der Waals surface area contributed by atoms with E-state index in [1.54, 1.807) is 19.3 Å². The molecule has 0 radical (unpaired) electrons. The largest absolute Gasteiger partial charge is 0.354 e. The molecule has 0 unspecified atom stereocenters. The van der Waals surface area contributed by atoms with Gasteiger partial charge >= 0.3 is 0 Å².